The Morgan fingerprint density at radius 1 is 1.30 bits per heavy atom. The summed E-state index contributed by atoms with van der Waals surface area (Å²) in [6.45, 7) is 3.43. The van der Waals surface area contributed by atoms with E-state index >= 15 is 0 Å². The van der Waals surface area contributed by atoms with Gasteiger partial charge in [0.2, 0.25) is 0 Å². The van der Waals surface area contributed by atoms with E-state index in [4.69, 9.17) is 16.3 Å². The number of nitro benzene ring substituents is 1. The van der Waals surface area contributed by atoms with Gasteiger partial charge in [0.15, 0.2) is 6.10 Å². The Hall–Kier alpha value is -2.60. The number of nitro groups is 1. The smallest absolute Gasteiger partial charge is 0.271 e. The van der Waals surface area contributed by atoms with E-state index in [2.05, 4.69) is 5.32 Å². The van der Waals surface area contributed by atoms with E-state index in [1.807, 2.05) is 6.92 Å². The lowest BCUT2D eigenvalue weighted by Gasteiger charge is -2.15. The number of carbonyl (C=O) groups is 1. The average Bonchev–Trinajstić information content (AvgIpc) is 2.51. The zero-order chi connectivity index (χ0) is 17.0. The van der Waals surface area contributed by atoms with E-state index < -0.39 is 16.9 Å². The van der Waals surface area contributed by atoms with Crippen molar-refractivity contribution in [2.45, 2.75) is 20.0 Å². The molecule has 7 heteroatoms. The van der Waals surface area contributed by atoms with Crippen molar-refractivity contribution in [1.29, 1.82) is 0 Å². The van der Waals surface area contributed by atoms with Crippen LogP contribution >= 0.6 is 11.6 Å². The van der Waals surface area contributed by atoms with Crippen molar-refractivity contribution in [2.75, 3.05) is 5.32 Å². The maximum absolute atomic E-state index is 12.1. The molecule has 0 fully saturated rings. The number of hydrogen-bond acceptors (Lipinski definition) is 4. The molecule has 0 aromatic heterocycles. The molecule has 2 aromatic rings. The van der Waals surface area contributed by atoms with E-state index in [0.29, 0.717) is 16.5 Å². The SMILES string of the molecule is Cc1cc(O[C@@H](C)C(=O)Nc2cccc([N+](=O)[O-])c2)ccc1Cl. The second kappa shape index (κ2) is 7.11. The Balaban J connectivity index is 2.03. The second-order valence-electron chi connectivity index (χ2n) is 4.97. The van der Waals surface area contributed by atoms with Crippen molar-refractivity contribution in [1.82, 2.24) is 0 Å². The Morgan fingerprint density at radius 3 is 2.70 bits per heavy atom. The fourth-order valence-corrected chi connectivity index (χ4v) is 2.01. The van der Waals surface area contributed by atoms with Crippen molar-refractivity contribution in [3.63, 3.8) is 0 Å². The number of hydrogen-bond donors (Lipinski definition) is 1. The summed E-state index contributed by atoms with van der Waals surface area (Å²) < 4.78 is 5.56. The molecule has 1 N–H and O–H groups in total. The largest absolute Gasteiger partial charge is 0.481 e. The van der Waals surface area contributed by atoms with Crippen LogP contribution in [-0.2, 0) is 4.79 Å². The molecule has 120 valence electrons. The fraction of sp³-hybridized carbons (Fsp3) is 0.188. The zero-order valence-electron chi connectivity index (χ0n) is 12.6. The molecule has 0 saturated carbocycles. The third kappa shape index (κ3) is 4.43. The summed E-state index contributed by atoms with van der Waals surface area (Å²) in [4.78, 5) is 22.3. The molecule has 0 spiro atoms. The summed E-state index contributed by atoms with van der Waals surface area (Å²) in [5, 5.41) is 13.9. The first kappa shape index (κ1) is 16.8. The van der Waals surface area contributed by atoms with Crippen molar-refractivity contribution in [3.05, 3.63) is 63.2 Å². The van der Waals surface area contributed by atoms with E-state index in [1.54, 1.807) is 31.2 Å². The van der Waals surface area contributed by atoms with Crippen LogP contribution in [0.1, 0.15) is 12.5 Å². The van der Waals surface area contributed by atoms with Gasteiger partial charge in [0.1, 0.15) is 5.75 Å². The van der Waals surface area contributed by atoms with Crippen LogP contribution in [0.25, 0.3) is 0 Å². The fourth-order valence-electron chi connectivity index (χ4n) is 1.89. The minimum Gasteiger partial charge on any atom is -0.481 e. The maximum atomic E-state index is 12.1. The van der Waals surface area contributed by atoms with Crippen molar-refractivity contribution in [2.24, 2.45) is 0 Å². The quantitative estimate of drug-likeness (QED) is 0.662. The van der Waals surface area contributed by atoms with Gasteiger partial charge in [-0.2, -0.15) is 0 Å². The van der Waals surface area contributed by atoms with Gasteiger partial charge < -0.3 is 10.1 Å². The number of amides is 1. The predicted octanol–water partition coefficient (Wildman–Crippen LogP) is 3.96. The number of anilines is 1. The van der Waals surface area contributed by atoms with Crippen molar-refractivity contribution >= 4 is 28.9 Å². The molecule has 1 amide bonds. The number of ether oxygens (including phenoxy) is 1. The van der Waals surface area contributed by atoms with Crippen LogP contribution in [0, 0.1) is 17.0 Å². The normalized spacial score (nSPS) is 11.6. The molecule has 0 aliphatic rings. The summed E-state index contributed by atoms with van der Waals surface area (Å²) in [5.74, 6) is 0.117. The first-order chi connectivity index (χ1) is 10.9. The van der Waals surface area contributed by atoms with Crippen molar-refractivity contribution < 1.29 is 14.5 Å². The Bertz CT molecular complexity index is 749. The third-order valence-corrected chi connectivity index (χ3v) is 3.56. The van der Waals surface area contributed by atoms with Crippen LogP contribution in [0.15, 0.2) is 42.5 Å². The molecule has 6 nitrogen and oxygen atoms in total. The summed E-state index contributed by atoms with van der Waals surface area (Å²) in [6.07, 6.45) is -0.769. The lowest BCUT2D eigenvalue weighted by atomic mass is 10.2. The van der Waals surface area contributed by atoms with Gasteiger partial charge in [-0.3, -0.25) is 14.9 Å². The van der Waals surface area contributed by atoms with Gasteiger partial charge >= 0.3 is 0 Å². The number of nitrogens with zero attached hydrogens (tertiary/aromatic N) is 1. The van der Waals surface area contributed by atoms with Crippen LogP contribution in [0.4, 0.5) is 11.4 Å². The lowest BCUT2D eigenvalue weighted by Crippen LogP contribution is -2.30. The number of nitrogens with one attached hydrogen (secondary N) is 1. The van der Waals surface area contributed by atoms with Gasteiger partial charge in [-0.15, -0.1) is 0 Å². The summed E-state index contributed by atoms with van der Waals surface area (Å²) >= 11 is 5.94. The molecule has 0 aliphatic carbocycles. The number of halogens is 1. The van der Waals surface area contributed by atoms with E-state index in [1.165, 1.54) is 18.2 Å². The minimum atomic E-state index is -0.769. The van der Waals surface area contributed by atoms with Crippen molar-refractivity contribution in [3.8, 4) is 5.75 Å². The number of non-ortho nitro benzene ring substituents is 1. The maximum Gasteiger partial charge on any atom is 0.271 e. The van der Waals surface area contributed by atoms with Crippen LogP contribution in [0.5, 0.6) is 5.75 Å². The monoisotopic (exact) mass is 334 g/mol. The first-order valence-electron chi connectivity index (χ1n) is 6.85. The molecule has 23 heavy (non-hydrogen) atoms. The van der Waals surface area contributed by atoms with Crippen LogP contribution in [-0.4, -0.2) is 16.9 Å². The van der Waals surface area contributed by atoms with E-state index in [9.17, 15) is 14.9 Å². The molecular formula is C16H15ClN2O4. The third-order valence-electron chi connectivity index (χ3n) is 3.14. The van der Waals surface area contributed by atoms with Crippen LogP contribution in [0.2, 0.25) is 5.02 Å². The molecule has 2 rings (SSSR count). The first-order valence-corrected chi connectivity index (χ1v) is 7.23. The van der Waals surface area contributed by atoms with E-state index in [-0.39, 0.29) is 5.69 Å². The van der Waals surface area contributed by atoms with Gasteiger partial charge in [0.05, 0.1) is 4.92 Å². The Labute approximate surface area is 138 Å². The highest BCUT2D eigenvalue weighted by molar-refractivity contribution is 6.31. The number of benzene rings is 2. The van der Waals surface area contributed by atoms with Crippen LogP contribution in [0.3, 0.4) is 0 Å². The highest BCUT2D eigenvalue weighted by Crippen LogP contribution is 2.22. The number of rotatable bonds is 5. The molecule has 1 atom stereocenters. The van der Waals surface area contributed by atoms with E-state index in [0.717, 1.165) is 5.56 Å². The zero-order valence-corrected chi connectivity index (χ0v) is 13.3. The minimum absolute atomic E-state index is 0.0929. The van der Waals surface area contributed by atoms with Gasteiger partial charge in [-0.05, 0) is 43.7 Å². The van der Waals surface area contributed by atoms with Crippen LogP contribution < -0.4 is 10.1 Å². The van der Waals surface area contributed by atoms with Gasteiger partial charge in [-0.1, -0.05) is 17.7 Å². The number of aryl methyl sites for hydroxylation is 1. The Morgan fingerprint density at radius 2 is 2.04 bits per heavy atom. The molecule has 2 aromatic carbocycles. The second-order valence-corrected chi connectivity index (χ2v) is 5.37. The molecule has 0 unspecified atom stereocenters. The van der Waals surface area contributed by atoms with Gasteiger partial charge in [0, 0.05) is 22.8 Å². The topological polar surface area (TPSA) is 81.5 Å². The van der Waals surface area contributed by atoms with Gasteiger partial charge in [-0.25, -0.2) is 0 Å². The predicted molar refractivity (Wildman–Crippen MR) is 88.0 cm³/mol. The molecule has 0 heterocycles. The highest BCUT2D eigenvalue weighted by Gasteiger charge is 2.16. The lowest BCUT2D eigenvalue weighted by molar-refractivity contribution is -0.384. The molecule has 0 saturated heterocycles. The summed E-state index contributed by atoms with van der Waals surface area (Å²) in [5.41, 5.74) is 1.09. The molecule has 0 aliphatic heterocycles. The summed E-state index contributed by atoms with van der Waals surface area (Å²) in [7, 11) is 0. The van der Waals surface area contributed by atoms with Gasteiger partial charge in [0.25, 0.3) is 11.6 Å². The molecule has 0 radical (unpaired) electrons. The number of carbonyl (C=O) groups excluding carboxylic acids is 1. The molecular weight excluding hydrogens is 320 g/mol. The highest BCUT2D eigenvalue weighted by atomic mass is 35.5. The standard InChI is InChI=1S/C16H15ClN2O4/c1-10-8-14(6-7-15(10)17)23-11(2)16(20)18-12-4-3-5-13(9-12)19(21)22/h3-9,11H,1-2H3,(H,18,20)/t11-/m0/s1. The molecule has 0 bridgehead atoms. The summed E-state index contributed by atoms with van der Waals surface area (Å²) in [6, 6.07) is 10.8. The average molecular weight is 335 g/mol. The Kier molecular flexibility index (Phi) is 5.18.